The standard InChI is InChI=1S/C14H26N2O2/c1-3-16-14(12-15)8-5-6-13(14)7-9-18-11-10-17-4-2/h13,16H,3-11H2,1-2H3. The van der Waals surface area contributed by atoms with Gasteiger partial charge in [-0.2, -0.15) is 5.26 Å². The van der Waals surface area contributed by atoms with Crippen LogP contribution >= 0.6 is 0 Å². The number of rotatable bonds is 9. The zero-order valence-electron chi connectivity index (χ0n) is 11.7. The van der Waals surface area contributed by atoms with Gasteiger partial charge < -0.3 is 9.47 Å². The van der Waals surface area contributed by atoms with E-state index in [1.165, 1.54) is 0 Å². The van der Waals surface area contributed by atoms with E-state index < -0.39 is 0 Å². The van der Waals surface area contributed by atoms with Crippen LogP contribution in [0.4, 0.5) is 0 Å². The Morgan fingerprint density at radius 2 is 2.06 bits per heavy atom. The Hall–Kier alpha value is -0.630. The Labute approximate surface area is 111 Å². The van der Waals surface area contributed by atoms with Crippen LogP contribution in [0.5, 0.6) is 0 Å². The van der Waals surface area contributed by atoms with E-state index in [0.717, 1.165) is 45.4 Å². The molecule has 0 spiro atoms. The van der Waals surface area contributed by atoms with Crippen LogP contribution < -0.4 is 5.32 Å². The third-order valence-electron chi connectivity index (χ3n) is 3.70. The van der Waals surface area contributed by atoms with Crippen molar-refractivity contribution in [1.82, 2.24) is 5.32 Å². The summed E-state index contributed by atoms with van der Waals surface area (Å²) >= 11 is 0. The highest BCUT2D eigenvalue weighted by Gasteiger charge is 2.42. The highest BCUT2D eigenvalue weighted by molar-refractivity contribution is 5.13. The van der Waals surface area contributed by atoms with Crippen molar-refractivity contribution in [2.45, 2.75) is 45.1 Å². The molecule has 2 unspecified atom stereocenters. The number of ether oxygens (including phenoxy) is 2. The van der Waals surface area contributed by atoms with Crippen LogP contribution in [0.2, 0.25) is 0 Å². The van der Waals surface area contributed by atoms with Crippen LogP contribution in [-0.4, -0.2) is 38.5 Å². The molecule has 0 aromatic rings. The van der Waals surface area contributed by atoms with Crippen LogP contribution in [0.1, 0.15) is 39.5 Å². The second-order valence-electron chi connectivity index (χ2n) is 4.80. The minimum atomic E-state index is -0.308. The summed E-state index contributed by atoms with van der Waals surface area (Å²) in [5, 5.41) is 12.8. The Kier molecular flexibility index (Phi) is 7.26. The van der Waals surface area contributed by atoms with E-state index in [2.05, 4.69) is 18.3 Å². The summed E-state index contributed by atoms with van der Waals surface area (Å²) in [5.74, 6) is 0.426. The molecule has 4 heteroatoms. The number of hydrogen-bond donors (Lipinski definition) is 1. The number of hydrogen-bond acceptors (Lipinski definition) is 4. The van der Waals surface area contributed by atoms with Gasteiger partial charge in [0.1, 0.15) is 5.54 Å². The average molecular weight is 254 g/mol. The topological polar surface area (TPSA) is 54.3 Å². The van der Waals surface area contributed by atoms with Crippen molar-refractivity contribution in [3.63, 3.8) is 0 Å². The first kappa shape index (κ1) is 15.4. The molecule has 0 bridgehead atoms. The van der Waals surface area contributed by atoms with Crippen molar-refractivity contribution in [1.29, 1.82) is 5.26 Å². The van der Waals surface area contributed by atoms with Crippen LogP contribution in [0, 0.1) is 17.2 Å². The van der Waals surface area contributed by atoms with Gasteiger partial charge in [-0.3, -0.25) is 5.32 Å². The van der Waals surface area contributed by atoms with E-state index in [-0.39, 0.29) is 5.54 Å². The van der Waals surface area contributed by atoms with Gasteiger partial charge in [0, 0.05) is 13.2 Å². The Morgan fingerprint density at radius 3 is 2.72 bits per heavy atom. The molecule has 1 N–H and O–H groups in total. The molecule has 18 heavy (non-hydrogen) atoms. The quantitative estimate of drug-likeness (QED) is 0.640. The maximum absolute atomic E-state index is 9.42. The fraction of sp³-hybridized carbons (Fsp3) is 0.929. The van der Waals surface area contributed by atoms with Crippen molar-refractivity contribution < 1.29 is 9.47 Å². The van der Waals surface area contributed by atoms with Crippen molar-refractivity contribution in [2.24, 2.45) is 5.92 Å². The van der Waals surface area contributed by atoms with Gasteiger partial charge in [-0.25, -0.2) is 0 Å². The van der Waals surface area contributed by atoms with Gasteiger partial charge in [-0.15, -0.1) is 0 Å². The summed E-state index contributed by atoms with van der Waals surface area (Å²) in [7, 11) is 0. The van der Waals surface area contributed by atoms with Crippen molar-refractivity contribution >= 4 is 0 Å². The van der Waals surface area contributed by atoms with E-state index in [9.17, 15) is 5.26 Å². The number of nitrogens with zero attached hydrogens (tertiary/aromatic N) is 1. The van der Waals surface area contributed by atoms with Gasteiger partial charge >= 0.3 is 0 Å². The largest absolute Gasteiger partial charge is 0.379 e. The summed E-state index contributed by atoms with van der Waals surface area (Å²) in [5.41, 5.74) is -0.308. The van der Waals surface area contributed by atoms with Gasteiger partial charge in [-0.1, -0.05) is 13.3 Å². The van der Waals surface area contributed by atoms with E-state index in [0.29, 0.717) is 19.1 Å². The number of nitriles is 1. The van der Waals surface area contributed by atoms with E-state index in [1.54, 1.807) is 0 Å². The Balaban J connectivity index is 2.26. The average Bonchev–Trinajstić information content (AvgIpc) is 2.78. The first-order chi connectivity index (χ1) is 8.79. The molecule has 0 saturated heterocycles. The van der Waals surface area contributed by atoms with Crippen LogP contribution in [0.25, 0.3) is 0 Å². The SMILES string of the molecule is CCNC1(C#N)CCCC1CCOCCOCC. The predicted molar refractivity (Wildman–Crippen MR) is 71.3 cm³/mol. The van der Waals surface area contributed by atoms with Gasteiger partial charge in [0.15, 0.2) is 0 Å². The molecule has 0 aromatic heterocycles. The molecule has 0 amide bonds. The lowest BCUT2D eigenvalue weighted by atomic mass is 9.86. The molecule has 4 nitrogen and oxygen atoms in total. The molecule has 1 aliphatic rings. The van der Waals surface area contributed by atoms with Gasteiger partial charge in [0.25, 0.3) is 0 Å². The third-order valence-corrected chi connectivity index (χ3v) is 3.70. The molecule has 0 aromatic carbocycles. The van der Waals surface area contributed by atoms with Crippen molar-refractivity contribution in [2.75, 3.05) is 33.0 Å². The summed E-state index contributed by atoms with van der Waals surface area (Å²) in [6, 6.07) is 2.50. The Morgan fingerprint density at radius 1 is 1.28 bits per heavy atom. The van der Waals surface area contributed by atoms with Crippen molar-refractivity contribution in [3.05, 3.63) is 0 Å². The highest BCUT2D eigenvalue weighted by Crippen LogP contribution is 2.37. The first-order valence-electron chi connectivity index (χ1n) is 7.10. The molecule has 0 radical (unpaired) electrons. The Bertz CT molecular complexity index is 265. The molecular formula is C14H26N2O2. The second-order valence-corrected chi connectivity index (χ2v) is 4.80. The normalized spacial score (nSPS) is 27.3. The molecule has 1 fully saturated rings. The van der Waals surface area contributed by atoms with Gasteiger partial charge in [0.2, 0.25) is 0 Å². The molecule has 0 heterocycles. The van der Waals surface area contributed by atoms with Crippen LogP contribution in [0.3, 0.4) is 0 Å². The molecule has 104 valence electrons. The van der Waals surface area contributed by atoms with E-state index >= 15 is 0 Å². The molecule has 1 saturated carbocycles. The highest BCUT2D eigenvalue weighted by atomic mass is 16.5. The maximum atomic E-state index is 9.42. The first-order valence-corrected chi connectivity index (χ1v) is 7.10. The fourth-order valence-electron chi connectivity index (χ4n) is 2.79. The third kappa shape index (κ3) is 4.24. The molecule has 0 aliphatic heterocycles. The lowest BCUT2D eigenvalue weighted by molar-refractivity contribution is 0.0450. The summed E-state index contributed by atoms with van der Waals surface area (Å²) < 4.78 is 10.8. The number of nitrogens with one attached hydrogen (secondary N) is 1. The van der Waals surface area contributed by atoms with E-state index in [4.69, 9.17) is 9.47 Å². The molecule has 1 aliphatic carbocycles. The maximum Gasteiger partial charge on any atom is 0.109 e. The second kappa shape index (κ2) is 8.47. The van der Waals surface area contributed by atoms with E-state index in [1.807, 2.05) is 6.92 Å². The minimum Gasteiger partial charge on any atom is -0.379 e. The zero-order chi connectivity index (χ0) is 13.3. The molecule has 2 atom stereocenters. The smallest absolute Gasteiger partial charge is 0.109 e. The van der Waals surface area contributed by atoms with Crippen molar-refractivity contribution in [3.8, 4) is 6.07 Å². The van der Waals surface area contributed by atoms with Crippen LogP contribution in [0.15, 0.2) is 0 Å². The molecule has 1 rings (SSSR count). The predicted octanol–water partition coefficient (Wildman–Crippen LogP) is 2.10. The van der Waals surface area contributed by atoms with Crippen LogP contribution in [-0.2, 0) is 9.47 Å². The fourth-order valence-corrected chi connectivity index (χ4v) is 2.79. The molecular weight excluding hydrogens is 228 g/mol. The lowest BCUT2D eigenvalue weighted by Crippen LogP contribution is -2.47. The van der Waals surface area contributed by atoms with Gasteiger partial charge in [0.05, 0.1) is 19.3 Å². The summed E-state index contributed by atoms with van der Waals surface area (Å²) in [6.45, 7) is 7.69. The minimum absolute atomic E-state index is 0.308. The summed E-state index contributed by atoms with van der Waals surface area (Å²) in [6.07, 6.45) is 4.22. The zero-order valence-corrected chi connectivity index (χ0v) is 11.7. The van der Waals surface area contributed by atoms with Gasteiger partial charge in [-0.05, 0) is 38.6 Å². The lowest BCUT2D eigenvalue weighted by Gasteiger charge is -2.29. The monoisotopic (exact) mass is 254 g/mol. The summed E-state index contributed by atoms with van der Waals surface area (Å²) in [4.78, 5) is 0.